The van der Waals surface area contributed by atoms with E-state index < -0.39 is 0 Å². The molecule has 1 heteroatoms. The molecule has 30 heavy (non-hydrogen) atoms. The molecule has 2 saturated carbocycles. The summed E-state index contributed by atoms with van der Waals surface area (Å²) in [6.45, 7) is 20.6. The molecular weight excluding hydrogens is 355 g/mol. The number of allylic oxidation sites excluding steroid dienone is 12. The Bertz CT molecular complexity index is 1010. The zero-order valence-corrected chi connectivity index (χ0v) is 20.5. The van der Waals surface area contributed by atoms with Gasteiger partial charge in [-0.25, -0.2) is 0 Å². The first-order chi connectivity index (χ1) is 13.8. The Morgan fingerprint density at radius 2 is 1.13 bits per heavy atom. The normalized spacial score (nSPS) is 60.0. The van der Waals surface area contributed by atoms with Crippen LogP contribution in [0.4, 0.5) is 0 Å². The molecular formula is C29H37Li. The zero-order valence-electron chi connectivity index (χ0n) is 20.5. The van der Waals surface area contributed by atoms with E-state index >= 15 is 0 Å². The molecule has 9 atom stereocenters. The van der Waals surface area contributed by atoms with Crippen molar-refractivity contribution < 1.29 is 0 Å². The summed E-state index contributed by atoms with van der Waals surface area (Å²) in [5.74, 6) is 0.552. The number of rotatable bonds is 0. The monoisotopic (exact) mass is 392 g/mol. The van der Waals surface area contributed by atoms with Crippen LogP contribution in [0.3, 0.4) is 0 Å². The minimum atomic E-state index is 0.0120. The molecule has 0 heterocycles. The van der Waals surface area contributed by atoms with Crippen LogP contribution in [0, 0.1) is 43.8 Å². The van der Waals surface area contributed by atoms with E-state index in [0.29, 0.717) is 10.5 Å². The van der Waals surface area contributed by atoms with Crippen molar-refractivity contribution >= 4 is 17.7 Å². The Hall–Kier alpha value is -0.963. The quantitative estimate of drug-likeness (QED) is 0.377. The standard InChI is InChI=1S/C29H37.Li/c1-21-14-13-15-22-20-27(6)25(4)18-10-9-16-23(25,2)24(3)17-11-12-19-26(24,5)29(27,8)28(21,22)7;/h9-20,22H,1-8H3;. The Morgan fingerprint density at radius 3 is 1.70 bits per heavy atom. The van der Waals surface area contributed by atoms with Gasteiger partial charge in [0.25, 0.3) is 0 Å². The van der Waals surface area contributed by atoms with E-state index in [1.807, 2.05) is 0 Å². The van der Waals surface area contributed by atoms with Gasteiger partial charge in [0.15, 0.2) is 0 Å². The second kappa shape index (κ2) is 5.50. The van der Waals surface area contributed by atoms with Gasteiger partial charge in [-0.15, -0.1) is 0 Å². The van der Waals surface area contributed by atoms with E-state index in [1.54, 1.807) is 5.57 Å². The second-order valence-electron chi connectivity index (χ2n) is 12.3. The molecule has 5 rings (SSSR count). The molecule has 9 unspecified atom stereocenters. The van der Waals surface area contributed by atoms with Gasteiger partial charge in [0, 0.05) is 0 Å². The first kappa shape index (κ1) is 20.9. The van der Waals surface area contributed by atoms with Crippen LogP contribution in [0.25, 0.3) is 0 Å². The van der Waals surface area contributed by atoms with Gasteiger partial charge in [-0.2, -0.15) is 0 Å². The van der Waals surface area contributed by atoms with Gasteiger partial charge in [0.2, 0.25) is 0 Å². The molecule has 5 aliphatic rings. The van der Waals surface area contributed by atoms with Crippen LogP contribution in [0.1, 0.15) is 55.4 Å². The molecule has 0 aromatic heterocycles. The molecule has 5 aliphatic carbocycles. The van der Waals surface area contributed by atoms with Gasteiger partial charge in [-0.3, -0.25) is 0 Å². The number of fused-ring (bicyclic) bond motifs is 8. The first-order valence-electron chi connectivity index (χ1n) is 11.9. The summed E-state index contributed by atoms with van der Waals surface area (Å²) in [6, 6.07) is 0. The molecule has 0 bridgehead atoms. The first-order valence-corrected chi connectivity index (χ1v) is 11.9. The van der Waals surface area contributed by atoms with Crippen LogP contribution in [0.5, 0.6) is 0 Å². The summed E-state index contributed by atoms with van der Waals surface area (Å²) < 4.78 is 0.577. The molecule has 2 fully saturated rings. The fourth-order valence-corrected chi connectivity index (χ4v) is 10.3. The molecule has 0 nitrogen and oxygen atoms in total. The Morgan fingerprint density at radius 1 is 0.667 bits per heavy atom. The van der Waals surface area contributed by atoms with E-state index in [9.17, 15) is 0 Å². The van der Waals surface area contributed by atoms with Gasteiger partial charge in [0.1, 0.15) is 0 Å². The molecule has 154 valence electrons. The van der Waals surface area contributed by atoms with Gasteiger partial charge < -0.3 is 0 Å². The average molecular weight is 393 g/mol. The maximum absolute atomic E-state index is 2.67. The van der Waals surface area contributed by atoms with Crippen molar-refractivity contribution in [1.29, 1.82) is 0 Å². The van der Waals surface area contributed by atoms with Crippen LogP contribution >= 0.6 is 0 Å². The summed E-state index contributed by atoms with van der Waals surface area (Å²) in [7, 11) is 0. The van der Waals surface area contributed by atoms with Crippen molar-refractivity contribution in [3.05, 3.63) is 72.4 Å². The Balaban J connectivity index is 1.99. The Kier molecular flexibility index (Phi) is 3.84. The summed E-state index contributed by atoms with van der Waals surface area (Å²) in [4.78, 5) is 0. The molecule has 0 N–H and O–H groups in total. The topological polar surface area (TPSA) is 0 Å². The van der Waals surface area contributed by atoms with E-state index in [0.717, 1.165) is 0 Å². The fraction of sp³-hybridized carbons (Fsp3) is 0.586. The number of hydrogen-bond donors (Lipinski definition) is 0. The summed E-state index contributed by atoms with van der Waals surface area (Å²) >= 11 is 2.56. The van der Waals surface area contributed by atoms with Crippen molar-refractivity contribution in [2.75, 3.05) is 0 Å². The van der Waals surface area contributed by atoms with Crippen molar-refractivity contribution in [1.82, 2.24) is 0 Å². The summed E-state index contributed by atoms with van der Waals surface area (Å²) in [5.41, 5.74) is 1.96. The third-order valence-electron chi connectivity index (χ3n) is 13.0. The van der Waals surface area contributed by atoms with Crippen LogP contribution in [0.2, 0.25) is 4.59 Å². The van der Waals surface area contributed by atoms with Crippen LogP contribution in [-0.4, -0.2) is 17.7 Å². The molecule has 0 aliphatic heterocycles. The molecule has 0 aromatic carbocycles. The van der Waals surface area contributed by atoms with Crippen molar-refractivity contribution in [2.24, 2.45) is 43.8 Å². The van der Waals surface area contributed by atoms with E-state index in [4.69, 9.17) is 0 Å². The number of hydrogen-bond acceptors (Lipinski definition) is 0. The molecule has 0 aromatic rings. The van der Waals surface area contributed by atoms with Gasteiger partial charge >= 0.3 is 194 Å². The minimum absolute atomic E-state index is 0.0120. The van der Waals surface area contributed by atoms with Gasteiger partial charge in [-0.1, -0.05) is 0 Å². The van der Waals surface area contributed by atoms with Crippen LogP contribution in [0.15, 0.2) is 72.4 Å². The van der Waals surface area contributed by atoms with Crippen molar-refractivity contribution in [3.63, 3.8) is 0 Å². The van der Waals surface area contributed by atoms with Crippen LogP contribution in [-0.2, 0) is 0 Å². The third-order valence-corrected chi connectivity index (χ3v) is 13.0. The van der Waals surface area contributed by atoms with Gasteiger partial charge in [-0.05, 0) is 0 Å². The van der Waals surface area contributed by atoms with Gasteiger partial charge in [0.05, 0.1) is 0 Å². The Labute approximate surface area is 193 Å². The predicted molar refractivity (Wildman–Crippen MR) is 129 cm³/mol. The van der Waals surface area contributed by atoms with Crippen LogP contribution < -0.4 is 0 Å². The molecule has 0 spiro atoms. The maximum atomic E-state index is 2.67. The second-order valence-corrected chi connectivity index (χ2v) is 12.3. The van der Waals surface area contributed by atoms with E-state index in [-0.39, 0.29) is 37.9 Å². The van der Waals surface area contributed by atoms with E-state index in [2.05, 4.69) is 140 Å². The SMILES string of the molecule is [Li][CH]1C2C=CC=C(C)C2(C)C2(C)C3(C)C=CC=CC3(C)C3(C)C=CC=CC3(C)C12C. The van der Waals surface area contributed by atoms with E-state index in [1.165, 1.54) is 0 Å². The summed E-state index contributed by atoms with van der Waals surface area (Å²) in [6.07, 6.45) is 26.8. The molecule has 0 saturated heterocycles. The average Bonchev–Trinajstić information content (AvgIpc) is 2.85. The molecule has 0 radical (unpaired) electrons. The predicted octanol–water partition coefficient (Wildman–Crippen LogP) is 7.40. The van der Waals surface area contributed by atoms with Crippen molar-refractivity contribution in [3.8, 4) is 0 Å². The van der Waals surface area contributed by atoms with Crippen molar-refractivity contribution in [2.45, 2.75) is 60.0 Å². The zero-order chi connectivity index (χ0) is 22.0. The third kappa shape index (κ3) is 1.57. The molecule has 0 amide bonds. The summed E-state index contributed by atoms with van der Waals surface area (Å²) in [5, 5.41) is 0. The fourth-order valence-electron chi connectivity index (χ4n) is 10.3.